The van der Waals surface area contributed by atoms with Gasteiger partial charge in [0.05, 0.1) is 36.5 Å². The highest BCUT2D eigenvalue weighted by Gasteiger charge is 2.31. The van der Waals surface area contributed by atoms with Crippen molar-refractivity contribution < 1.29 is 14.6 Å². The lowest BCUT2D eigenvalue weighted by molar-refractivity contribution is -0.117. The molecule has 0 saturated carbocycles. The number of ether oxygens (including phenoxy) is 1. The number of aliphatic hydroxyl groups excluding tert-OH is 1. The third-order valence-electron chi connectivity index (χ3n) is 3.91. The van der Waals surface area contributed by atoms with Crippen LogP contribution in [-0.4, -0.2) is 24.0 Å². The number of allylic oxidation sites excluding steroid dienone is 1. The first-order chi connectivity index (χ1) is 12.4. The Morgan fingerprint density at radius 1 is 1.42 bits per heavy atom. The summed E-state index contributed by atoms with van der Waals surface area (Å²) in [5.74, 6) is 0.580. The molecule has 0 bridgehead atoms. The van der Waals surface area contributed by atoms with Crippen LogP contribution in [0.15, 0.2) is 52.5 Å². The van der Waals surface area contributed by atoms with Crippen LogP contribution in [0.4, 0.5) is 5.69 Å². The van der Waals surface area contributed by atoms with Crippen molar-refractivity contribution in [3.05, 3.63) is 53.1 Å². The Kier molecular flexibility index (Phi) is 6.18. The van der Waals surface area contributed by atoms with E-state index in [2.05, 4.69) is 11.1 Å². The second kappa shape index (κ2) is 8.34. The summed E-state index contributed by atoms with van der Waals surface area (Å²) in [5, 5.41) is 19.1. The number of hydrogen-bond donors (Lipinski definition) is 1. The van der Waals surface area contributed by atoms with E-state index in [1.807, 2.05) is 20.8 Å². The van der Waals surface area contributed by atoms with Crippen molar-refractivity contribution >= 4 is 17.4 Å². The molecule has 1 amide bonds. The van der Waals surface area contributed by atoms with Crippen LogP contribution >= 0.6 is 0 Å². The van der Waals surface area contributed by atoms with Crippen LogP contribution in [0.3, 0.4) is 0 Å². The second-order valence-electron chi connectivity index (χ2n) is 6.17. The Morgan fingerprint density at radius 2 is 2.08 bits per heavy atom. The topological polar surface area (TPSA) is 85.9 Å². The highest BCUT2D eigenvalue weighted by Crippen LogP contribution is 2.29. The molecule has 0 spiro atoms. The van der Waals surface area contributed by atoms with Crippen LogP contribution < -0.4 is 4.90 Å². The van der Waals surface area contributed by atoms with Gasteiger partial charge in [-0.15, -0.1) is 0 Å². The molecule has 0 aliphatic carbocycles. The van der Waals surface area contributed by atoms with Crippen LogP contribution in [-0.2, 0) is 9.53 Å². The number of benzene rings is 1. The number of carbonyl (C=O) groups is 1. The van der Waals surface area contributed by atoms with E-state index in [4.69, 9.17) is 10.00 Å². The molecule has 26 heavy (non-hydrogen) atoms. The molecular weight excluding hydrogens is 330 g/mol. The largest absolute Gasteiger partial charge is 0.504 e. The fraction of sp³-hybridized carbons (Fsp3) is 0.350. The van der Waals surface area contributed by atoms with Crippen LogP contribution in [0.1, 0.15) is 39.2 Å². The smallest absolute Gasteiger partial charge is 0.238 e. The number of amidine groups is 1. The molecule has 1 aromatic carbocycles. The maximum atomic E-state index is 12.9. The van der Waals surface area contributed by atoms with Crippen molar-refractivity contribution in [2.75, 3.05) is 12.0 Å². The fourth-order valence-electron chi connectivity index (χ4n) is 2.71. The molecular formula is C20H23N3O3. The molecule has 1 heterocycles. The molecule has 0 radical (unpaired) electrons. The Labute approximate surface area is 153 Å². The highest BCUT2D eigenvalue weighted by molar-refractivity contribution is 6.20. The van der Waals surface area contributed by atoms with Crippen LogP contribution in [0.2, 0.25) is 0 Å². The number of aliphatic imine (C=N–C) groups is 1. The van der Waals surface area contributed by atoms with E-state index in [9.17, 15) is 9.90 Å². The van der Waals surface area contributed by atoms with Gasteiger partial charge >= 0.3 is 0 Å². The summed E-state index contributed by atoms with van der Waals surface area (Å²) in [4.78, 5) is 19.0. The molecule has 0 saturated heterocycles. The maximum absolute atomic E-state index is 12.9. The first-order valence-electron chi connectivity index (χ1n) is 8.51. The van der Waals surface area contributed by atoms with Gasteiger partial charge in [0.25, 0.3) is 0 Å². The summed E-state index contributed by atoms with van der Waals surface area (Å²) >= 11 is 0. The van der Waals surface area contributed by atoms with Gasteiger partial charge in [-0.2, -0.15) is 5.26 Å². The number of nitriles is 1. The van der Waals surface area contributed by atoms with Crippen molar-refractivity contribution in [1.29, 1.82) is 5.26 Å². The average molecular weight is 353 g/mol. The van der Waals surface area contributed by atoms with Gasteiger partial charge in [-0.25, -0.2) is 4.99 Å². The highest BCUT2D eigenvalue weighted by atomic mass is 16.5. The van der Waals surface area contributed by atoms with Crippen molar-refractivity contribution in [3.63, 3.8) is 0 Å². The predicted octanol–water partition coefficient (Wildman–Crippen LogP) is 4.06. The third kappa shape index (κ3) is 3.94. The zero-order valence-electron chi connectivity index (χ0n) is 15.5. The van der Waals surface area contributed by atoms with Crippen molar-refractivity contribution in [2.45, 2.75) is 33.6 Å². The van der Waals surface area contributed by atoms with E-state index >= 15 is 0 Å². The maximum Gasteiger partial charge on any atom is 0.238 e. The summed E-state index contributed by atoms with van der Waals surface area (Å²) < 4.78 is 5.30. The van der Waals surface area contributed by atoms with E-state index in [-0.39, 0.29) is 29.8 Å². The van der Waals surface area contributed by atoms with E-state index in [1.165, 1.54) is 7.11 Å². The zero-order chi connectivity index (χ0) is 19.3. The molecule has 6 heteroatoms. The van der Waals surface area contributed by atoms with E-state index < -0.39 is 0 Å². The monoisotopic (exact) mass is 353 g/mol. The summed E-state index contributed by atoms with van der Waals surface area (Å²) in [6, 6.07) is 8.86. The SMILES string of the molecule is CC/C=C(O)\C(OC)=C1/CC(=O)N(c2ccc(C#N)cc2)C(C(C)C)=N1. The Hall–Kier alpha value is -3.07. The van der Waals surface area contributed by atoms with Crippen molar-refractivity contribution in [3.8, 4) is 6.07 Å². The van der Waals surface area contributed by atoms with Crippen LogP contribution in [0, 0.1) is 17.2 Å². The minimum Gasteiger partial charge on any atom is -0.504 e. The van der Waals surface area contributed by atoms with E-state index in [1.54, 1.807) is 35.2 Å². The lowest BCUT2D eigenvalue weighted by atomic mass is 10.1. The van der Waals surface area contributed by atoms with Gasteiger partial charge in [0.1, 0.15) is 5.84 Å². The van der Waals surface area contributed by atoms with E-state index in [0.29, 0.717) is 29.2 Å². The number of rotatable bonds is 5. The summed E-state index contributed by atoms with van der Waals surface area (Å²) in [5.41, 5.74) is 1.60. The number of carbonyl (C=O) groups excluding carboxylic acids is 1. The molecule has 0 atom stereocenters. The van der Waals surface area contributed by atoms with Gasteiger partial charge < -0.3 is 9.84 Å². The number of amides is 1. The van der Waals surface area contributed by atoms with Crippen molar-refractivity contribution in [2.24, 2.45) is 10.9 Å². The number of aliphatic hydroxyl groups is 1. The van der Waals surface area contributed by atoms with Gasteiger partial charge in [0, 0.05) is 5.92 Å². The molecule has 6 nitrogen and oxygen atoms in total. The van der Waals surface area contributed by atoms with Crippen LogP contribution in [0.5, 0.6) is 0 Å². The summed E-state index contributed by atoms with van der Waals surface area (Å²) in [6.07, 6.45) is 2.27. The molecule has 1 N–H and O–H groups in total. The Bertz CT molecular complexity index is 812. The Morgan fingerprint density at radius 3 is 2.58 bits per heavy atom. The first-order valence-corrected chi connectivity index (χ1v) is 8.51. The standard InChI is InChI=1S/C20H23N3O3/c1-5-6-17(24)19(26-4)16-11-18(25)23(20(22-16)13(2)3)15-9-7-14(12-21)8-10-15/h6-10,13,24H,5,11H2,1-4H3/b17-6+,19-16-. The molecule has 0 aromatic heterocycles. The van der Waals surface area contributed by atoms with E-state index in [0.717, 1.165) is 0 Å². The van der Waals surface area contributed by atoms with Gasteiger partial charge in [-0.3, -0.25) is 9.69 Å². The quantitative estimate of drug-likeness (QED) is 0.809. The number of methoxy groups -OCH3 is 1. The minimum atomic E-state index is -0.165. The Balaban J connectivity index is 2.56. The predicted molar refractivity (Wildman–Crippen MR) is 101 cm³/mol. The summed E-state index contributed by atoms with van der Waals surface area (Å²) in [7, 11) is 1.45. The third-order valence-corrected chi connectivity index (χ3v) is 3.91. The second-order valence-corrected chi connectivity index (χ2v) is 6.17. The van der Waals surface area contributed by atoms with Gasteiger partial charge in [0.15, 0.2) is 11.5 Å². The molecule has 1 aromatic rings. The molecule has 1 aliphatic rings. The zero-order valence-corrected chi connectivity index (χ0v) is 15.5. The van der Waals surface area contributed by atoms with Gasteiger partial charge in [-0.05, 0) is 36.8 Å². The normalized spacial score (nSPS) is 17.1. The fourth-order valence-corrected chi connectivity index (χ4v) is 2.71. The molecule has 0 unspecified atom stereocenters. The lowest BCUT2D eigenvalue weighted by Gasteiger charge is -2.31. The first kappa shape index (κ1) is 19.3. The number of anilines is 1. The van der Waals surface area contributed by atoms with Gasteiger partial charge in [-0.1, -0.05) is 20.8 Å². The molecule has 0 fully saturated rings. The number of nitrogens with zero attached hydrogens (tertiary/aromatic N) is 3. The van der Waals surface area contributed by atoms with Crippen molar-refractivity contribution in [1.82, 2.24) is 0 Å². The number of hydrogen-bond acceptors (Lipinski definition) is 5. The summed E-state index contributed by atoms with van der Waals surface area (Å²) in [6.45, 7) is 5.79. The molecule has 1 aliphatic heterocycles. The lowest BCUT2D eigenvalue weighted by Crippen LogP contribution is -2.43. The van der Waals surface area contributed by atoms with Crippen LogP contribution in [0.25, 0.3) is 0 Å². The van der Waals surface area contributed by atoms with Gasteiger partial charge in [0.2, 0.25) is 5.91 Å². The molecule has 2 rings (SSSR count). The minimum absolute atomic E-state index is 0.0149. The molecule has 136 valence electrons. The average Bonchev–Trinajstić information content (AvgIpc) is 2.62.